The molecular formula is C19H19F3N2O2. The molecule has 0 saturated carbocycles. The van der Waals surface area contributed by atoms with Crippen molar-refractivity contribution in [2.24, 2.45) is 0 Å². The van der Waals surface area contributed by atoms with E-state index in [1.54, 1.807) is 18.2 Å². The number of hydrogen-bond donors (Lipinski definition) is 1. The monoisotopic (exact) mass is 364 g/mol. The van der Waals surface area contributed by atoms with Gasteiger partial charge in [0.15, 0.2) is 0 Å². The Labute approximate surface area is 149 Å². The zero-order valence-corrected chi connectivity index (χ0v) is 14.6. The van der Waals surface area contributed by atoms with Crippen LogP contribution in [0.4, 0.5) is 18.9 Å². The van der Waals surface area contributed by atoms with Gasteiger partial charge in [-0.05, 0) is 49.2 Å². The van der Waals surface area contributed by atoms with Gasteiger partial charge >= 0.3 is 6.18 Å². The minimum Gasteiger partial charge on any atom is -0.332 e. The smallest absolute Gasteiger partial charge is 0.332 e. The Morgan fingerprint density at radius 3 is 2.31 bits per heavy atom. The number of anilines is 1. The zero-order chi connectivity index (χ0) is 19.5. The second kappa shape index (κ2) is 7.59. The van der Waals surface area contributed by atoms with Crippen molar-refractivity contribution in [3.63, 3.8) is 0 Å². The van der Waals surface area contributed by atoms with Crippen LogP contribution in [-0.4, -0.2) is 30.3 Å². The van der Waals surface area contributed by atoms with Crippen molar-refractivity contribution < 1.29 is 22.8 Å². The molecule has 0 saturated heterocycles. The van der Waals surface area contributed by atoms with Gasteiger partial charge in [-0.25, -0.2) is 0 Å². The van der Waals surface area contributed by atoms with E-state index >= 15 is 0 Å². The Kier molecular flexibility index (Phi) is 5.69. The number of aryl methyl sites for hydroxylation is 2. The number of amides is 2. The molecule has 0 aromatic heterocycles. The molecule has 0 aliphatic carbocycles. The molecule has 0 atom stereocenters. The highest BCUT2D eigenvalue weighted by atomic mass is 19.4. The maximum Gasteiger partial charge on any atom is 0.418 e. The number of halogens is 3. The Hall–Kier alpha value is -2.83. The number of nitrogens with one attached hydrogen (secondary N) is 1. The predicted molar refractivity (Wildman–Crippen MR) is 93.0 cm³/mol. The van der Waals surface area contributed by atoms with Crippen LogP contribution >= 0.6 is 0 Å². The number of carbonyl (C=O) groups is 2. The quantitative estimate of drug-likeness (QED) is 0.890. The normalized spacial score (nSPS) is 11.2. The summed E-state index contributed by atoms with van der Waals surface area (Å²) in [4.78, 5) is 25.6. The number of para-hydroxylation sites is 1. The van der Waals surface area contributed by atoms with E-state index in [1.807, 2.05) is 13.8 Å². The highest BCUT2D eigenvalue weighted by Crippen LogP contribution is 2.34. The zero-order valence-electron chi connectivity index (χ0n) is 14.6. The first-order chi connectivity index (χ1) is 12.1. The number of likely N-dealkylation sites (N-methyl/N-ethyl adjacent to an activating group) is 1. The summed E-state index contributed by atoms with van der Waals surface area (Å²) < 4.78 is 38.9. The standard InChI is InChI=1S/C19H19F3N2O2/c1-12-8-9-14(10-13(12)2)18(26)24(3)11-17(25)23-16-7-5-4-6-15(16)19(20,21)22/h4-10H,11H2,1-3H3,(H,23,25). The van der Waals surface area contributed by atoms with Gasteiger partial charge in [0.2, 0.25) is 5.91 Å². The summed E-state index contributed by atoms with van der Waals surface area (Å²) >= 11 is 0. The van der Waals surface area contributed by atoms with E-state index in [0.717, 1.165) is 22.1 Å². The summed E-state index contributed by atoms with van der Waals surface area (Å²) in [6.45, 7) is 3.42. The predicted octanol–water partition coefficient (Wildman–Crippen LogP) is 4.03. The fraction of sp³-hybridized carbons (Fsp3) is 0.263. The Morgan fingerprint density at radius 1 is 1.04 bits per heavy atom. The number of carbonyl (C=O) groups excluding carboxylic acids is 2. The number of rotatable bonds is 4. The lowest BCUT2D eigenvalue weighted by atomic mass is 10.1. The fourth-order valence-corrected chi connectivity index (χ4v) is 2.41. The molecule has 1 N–H and O–H groups in total. The van der Waals surface area contributed by atoms with Crippen molar-refractivity contribution >= 4 is 17.5 Å². The van der Waals surface area contributed by atoms with E-state index in [4.69, 9.17) is 0 Å². The molecule has 2 aromatic carbocycles. The molecule has 0 unspecified atom stereocenters. The summed E-state index contributed by atoms with van der Waals surface area (Å²) in [6, 6.07) is 9.87. The number of hydrogen-bond acceptors (Lipinski definition) is 2. The van der Waals surface area contributed by atoms with E-state index in [9.17, 15) is 22.8 Å². The number of nitrogens with zero attached hydrogens (tertiary/aromatic N) is 1. The van der Waals surface area contributed by atoms with E-state index in [2.05, 4.69) is 5.32 Å². The molecule has 0 fully saturated rings. The van der Waals surface area contributed by atoms with Gasteiger partial charge in [0.05, 0.1) is 17.8 Å². The third kappa shape index (κ3) is 4.62. The maximum atomic E-state index is 13.0. The highest BCUT2D eigenvalue weighted by molar-refractivity contribution is 5.99. The van der Waals surface area contributed by atoms with E-state index < -0.39 is 17.6 Å². The van der Waals surface area contributed by atoms with Crippen LogP contribution in [0.2, 0.25) is 0 Å². The molecule has 0 heterocycles. The Balaban J connectivity index is 2.08. The van der Waals surface area contributed by atoms with Crippen molar-refractivity contribution in [2.45, 2.75) is 20.0 Å². The molecule has 7 heteroatoms. The van der Waals surface area contributed by atoms with E-state index in [0.29, 0.717) is 5.56 Å². The average molecular weight is 364 g/mol. The molecule has 2 aromatic rings. The molecule has 26 heavy (non-hydrogen) atoms. The van der Waals surface area contributed by atoms with Crippen molar-refractivity contribution in [3.8, 4) is 0 Å². The Bertz CT molecular complexity index is 832. The third-order valence-corrected chi connectivity index (χ3v) is 3.99. The van der Waals surface area contributed by atoms with Gasteiger partial charge in [-0.15, -0.1) is 0 Å². The summed E-state index contributed by atoms with van der Waals surface area (Å²) in [5, 5.41) is 2.22. The van der Waals surface area contributed by atoms with E-state index in [1.165, 1.54) is 25.2 Å². The lowest BCUT2D eigenvalue weighted by Gasteiger charge is -2.19. The lowest BCUT2D eigenvalue weighted by Crippen LogP contribution is -2.35. The molecule has 2 amide bonds. The second-order valence-electron chi connectivity index (χ2n) is 6.05. The first-order valence-corrected chi connectivity index (χ1v) is 7.88. The molecule has 0 spiro atoms. The van der Waals surface area contributed by atoms with E-state index in [-0.39, 0.29) is 18.1 Å². The molecule has 0 aliphatic rings. The van der Waals surface area contributed by atoms with Crippen molar-refractivity contribution in [3.05, 3.63) is 64.7 Å². The highest BCUT2D eigenvalue weighted by Gasteiger charge is 2.33. The molecule has 0 radical (unpaired) electrons. The van der Waals surface area contributed by atoms with Crippen LogP contribution in [-0.2, 0) is 11.0 Å². The number of alkyl halides is 3. The van der Waals surface area contributed by atoms with Crippen LogP contribution in [0.5, 0.6) is 0 Å². The van der Waals surface area contributed by atoms with Crippen LogP contribution in [0.1, 0.15) is 27.0 Å². The first-order valence-electron chi connectivity index (χ1n) is 7.88. The molecule has 4 nitrogen and oxygen atoms in total. The fourth-order valence-electron chi connectivity index (χ4n) is 2.41. The van der Waals surface area contributed by atoms with Crippen molar-refractivity contribution in [1.82, 2.24) is 4.90 Å². The average Bonchev–Trinajstić information content (AvgIpc) is 2.56. The van der Waals surface area contributed by atoms with Crippen LogP contribution < -0.4 is 5.32 Å². The maximum absolute atomic E-state index is 13.0. The summed E-state index contributed by atoms with van der Waals surface area (Å²) in [6.07, 6.45) is -4.58. The van der Waals surface area contributed by atoms with Gasteiger partial charge in [0.1, 0.15) is 0 Å². The minimum absolute atomic E-state index is 0.336. The van der Waals surface area contributed by atoms with Gasteiger partial charge < -0.3 is 10.2 Å². The van der Waals surface area contributed by atoms with Crippen LogP contribution in [0.15, 0.2) is 42.5 Å². The van der Waals surface area contributed by atoms with Gasteiger partial charge in [-0.3, -0.25) is 9.59 Å². The summed E-state index contributed by atoms with van der Waals surface area (Å²) in [5.74, 6) is -1.09. The minimum atomic E-state index is -4.58. The SMILES string of the molecule is Cc1ccc(C(=O)N(C)CC(=O)Nc2ccccc2C(F)(F)F)cc1C. The van der Waals surface area contributed by atoms with Gasteiger partial charge in [-0.2, -0.15) is 13.2 Å². The molecule has 0 aliphatic heterocycles. The topological polar surface area (TPSA) is 49.4 Å². The first kappa shape index (κ1) is 19.5. The van der Waals surface area contributed by atoms with Crippen molar-refractivity contribution in [2.75, 3.05) is 18.9 Å². The number of benzene rings is 2. The van der Waals surface area contributed by atoms with Gasteiger partial charge in [0.25, 0.3) is 5.91 Å². The molecule has 2 rings (SSSR count). The molecule has 138 valence electrons. The Morgan fingerprint density at radius 2 is 1.69 bits per heavy atom. The second-order valence-corrected chi connectivity index (χ2v) is 6.05. The molecule has 0 bridgehead atoms. The molecular weight excluding hydrogens is 345 g/mol. The van der Waals surface area contributed by atoms with Crippen LogP contribution in [0.25, 0.3) is 0 Å². The largest absolute Gasteiger partial charge is 0.418 e. The lowest BCUT2D eigenvalue weighted by molar-refractivity contribution is -0.137. The van der Waals surface area contributed by atoms with Crippen LogP contribution in [0.3, 0.4) is 0 Å². The van der Waals surface area contributed by atoms with Gasteiger partial charge in [-0.1, -0.05) is 18.2 Å². The van der Waals surface area contributed by atoms with Crippen LogP contribution in [0, 0.1) is 13.8 Å². The summed E-state index contributed by atoms with van der Waals surface area (Å²) in [7, 11) is 1.42. The van der Waals surface area contributed by atoms with Gasteiger partial charge in [0, 0.05) is 12.6 Å². The van der Waals surface area contributed by atoms with Crippen molar-refractivity contribution in [1.29, 1.82) is 0 Å². The third-order valence-electron chi connectivity index (χ3n) is 3.99. The summed E-state index contributed by atoms with van der Waals surface area (Å²) in [5.41, 5.74) is 1.12.